The van der Waals surface area contributed by atoms with E-state index >= 15 is 0 Å². The fourth-order valence-corrected chi connectivity index (χ4v) is 7.25. The molecule has 238 valence electrons. The number of allylic oxidation sites excluding steroid dienone is 1. The highest BCUT2D eigenvalue weighted by Gasteiger charge is 2.32. The molecule has 7 nitrogen and oxygen atoms in total. The van der Waals surface area contributed by atoms with Crippen LogP contribution in [0.5, 0.6) is 11.5 Å². The van der Waals surface area contributed by atoms with Crippen molar-refractivity contribution in [2.75, 3.05) is 12.4 Å². The van der Waals surface area contributed by atoms with Crippen molar-refractivity contribution in [3.8, 4) is 11.5 Å². The highest BCUT2D eigenvalue weighted by atomic mass is 79.9. The molecule has 0 saturated heterocycles. The highest BCUT2D eigenvalue weighted by Crippen LogP contribution is 2.32. The third-order valence-electron chi connectivity index (χ3n) is 7.92. The quantitative estimate of drug-likeness (QED) is 0.180. The van der Waals surface area contributed by atoms with Crippen molar-refractivity contribution in [2.24, 2.45) is 4.99 Å². The maximum absolute atomic E-state index is 14.1. The largest absolute Gasteiger partial charge is 0.497 e. The van der Waals surface area contributed by atoms with E-state index in [-0.39, 0.29) is 11.5 Å². The van der Waals surface area contributed by atoms with Gasteiger partial charge in [-0.3, -0.25) is 14.2 Å². The number of aromatic nitrogens is 1. The van der Waals surface area contributed by atoms with E-state index in [0.29, 0.717) is 49.4 Å². The lowest BCUT2D eigenvalue weighted by Gasteiger charge is -2.25. The van der Waals surface area contributed by atoms with Gasteiger partial charge in [-0.1, -0.05) is 77.0 Å². The standard InChI is InChI=1S/C37H31BrClN3O4S/c1-21-9-15-30(22(2)17-21)41-35(43)33-23(3)40-37-42(34(33)25-11-13-27(45-4)14-12-25)36(44)32(47-37)19-24-10-16-31(28(38)18-24)46-20-26-7-5-6-8-29(26)39/h5-19,34H,20H2,1-4H3,(H,41,43)/b32-19+/t34-/m1/s1. The topological polar surface area (TPSA) is 81.9 Å². The summed E-state index contributed by atoms with van der Waals surface area (Å²) in [4.78, 5) is 33.4. The molecule has 5 aromatic rings. The Bertz CT molecular complexity index is 2220. The molecule has 1 N–H and O–H groups in total. The van der Waals surface area contributed by atoms with Gasteiger partial charge in [0, 0.05) is 16.3 Å². The lowest BCUT2D eigenvalue weighted by Crippen LogP contribution is -2.40. The minimum absolute atomic E-state index is 0.242. The number of ether oxygens (including phenoxy) is 2. The van der Waals surface area contributed by atoms with E-state index in [1.54, 1.807) is 11.7 Å². The number of fused-ring (bicyclic) bond motifs is 1. The van der Waals surface area contributed by atoms with Gasteiger partial charge < -0.3 is 14.8 Å². The van der Waals surface area contributed by atoms with Crippen LogP contribution in [0.4, 0.5) is 5.69 Å². The molecule has 6 rings (SSSR count). The van der Waals surface area contributed by atoms with E-state index in [1.807, 2.05) is 112 Å². The summed E-state index contributed by atoms with van der Waals surface area (Å²) in [6.07, 6.45) is 1.83. The number of anilines is 1. The predicted octanol–water partition coefficient (Wildman–Crippen LogP) is 7.49. The van der Waals surface area contributed by atoms with Crippen LogP contribution in [-0.2, 0) is 11.4 Å². The van der Waals surface area contributed by atoms with Gasteiger partial charge in [-0.2, -0.15) is 0 Å². The van der Waals surface area contributed by atoms with Gasteiger partial charge in [-0.15, -0.1) is 0 Å². The molecule has 0 radical (unpaired) electrons. The smallest absolute Gasteiger partial charge is 0.271 e. The van der Waals surface area contributed by atoms with Crippen LogP contribution in [-0.4, -0.2) is 17.6 Å². The van der Waals surface area contributed by atoms with Gasteiger partial charge in [-0.05, 0) is 95.9 Å². The maximum Gasteiger partial charge on any atom is 0.271 e. The van der Waals surface area contributed by atoms with Gasteiger partial charge in [0.25, 0.3) is 11.5 Å². The van der Waals surface area contributed by atoms with Crippen LogP contribution >= 0.6 is 38.9 Å². The number of hydrogen-bond acceptors (Lipinski definition) is 6. The van der Waals surface area contributed by atoms with Crippen molar-refractivity contribution in [3.05, 3.63) is 153 Å². The van der Waals surface area contributed by atoms with Gasteiger partial charge in [0.05, 0.1) is 33.4 Å². The first-order valence-electron chi connectivity index (χ1n) is 14.8. The van der Waals surface area contributed by atoms with Crippen LogP contribution in [0.15, 0.2) is 110 Å². The van der Waals surface area contributed by atoms with Crippen LogP contribution in [0.25, 0.3) is 6.08 Å². The molecule has 0 fully saturated rings. The van der Waals surface area contributed by atoms with Crippen LogP contribution in [0, 0.1) is 13.8 Å². The number of hydrogen-bond donors (Lipinski definition) is 1. The summed E-state index contributed by atoms with van der Waals surface area (Å²) in [5.41, 5.74) is 5.91. The number of rotatable bonds is 8. The van der Waals surface area contributed by atoms with E-state index in [9.17, 15) is 9.59 Å². The van der Waals surface area contributed by atoms with Crippen molar-refractivity contribution in [2.45, 2.75) is 33.4 Å². The van der Waals surface area contributed by atoms with Crippen LogP contribution in [0.2, 0.25) is 5.02 Å². The fourth-order valence-electron chi connectivity index (χ4n) is 5.50. The number of carbonyl (C=O) groups is 1. The molecule has 1 aromatic heterocycles. The zero-order valence-electron chi connectivity index (χ0n) is 26.1. The second-order valence-electron chi connectivity index (χ2n) is 11.2. The van der Waals surface area contributed by atoms with E-state index < -0.39 is 6.04 Å². The molecule has 0 unspecified atom stereocenters. The lowest BCUT2D eigenvalue weighted by molar-refractivity contribution is -0.113. The van der Waals surface area contributed by atoms with Crippen LogP contribution < -0.4 is 29.7 Å². The van der Waals surface area contributed by atoms with Crippen LogP contribution in [0.1, 0.15) is 40.8 Å². The number of nitrogens with zero attached hydrogens (tertiary/aromatic N) is 2. The molecule has 0 bridgehead atoms. The Hall–Kier alpha value is -4.44. The van der Waals surface area contributed by atoms with Crippen molar-refractivity contribution < 1.29 is 14.3 Å². The van der Waals surface area contributed by atoms with Gasteiger partial charge >= 0.3 is 0 Å². The van der Waals surface area contributed by atoms with E-state index in [4.69, 9.17) is 26.1 Å². The second kappa shape index (κ2) is 13.7. The predicted molar refractivity (Wildman–Crippen MR) is 191 cm³/mol. The molecule has 1 amide bonds. The summed E-state index contributed by atoms with van der Waals surface area (Å²) < 4.78 is 14.2. The zero-order valence-corrected chi connectivity index (χ0v) is 29.3. The Morgan fingerprint density at radius 3 is 2.51 bits per heavy atom. The molecular formula is C37H31BrClN3O4S. The summed E-state index contributed by atoms with van der Waals surface area (Å²) in [6, 6.07) is 25.8. The summed E-state index contributed by atoms with van der Waals surface area (Å²) in [7, 11) is 1.60. The number of halogens is 2. The summed E-state index contributed by atoms with van der Waals surface area (Å²) >= 11 is 11.2. The van der Waals surface area contributed by atoms with Gasteiger partial charge in [0.15, 0.2) is 4.80 Å². The Morgan fingerprint density at radius 1 is 1.04 bits per heavy atom. The summed E-state index contributed by atoms with van der Waals surface area (Å²) in [5, 5.41) is 3.71. The molecule has 0 saturated carbocycles. The average molecular weight is 729 g/mol. The van der Waals surface area contributed by atoms with Crippen molar-refractivity contribution in [1.82, 2.24) is 4.57 Å². The van der Waals surface area contributed by atoms with E-state index in [2.05, 4.69) is 21.2 Å². The minimum atomic E-state index is -0.697. The average Bonchev–Trinajstić information content (AvgIpc) is 3.35. The van der Waals surface area contributed by atoms with Crippen molar-refractivity contribution >= 4 is 56.5 Å². The number of aryl methyl sites for hydroxylation is 2. The summed E-state index contributed by atoms with van der Waals surface area (Å²) in [5.74, 6) is 1.01. The number of carbonyl (C=O) groups excluding carboxylic acids is 1. The zero-order chi connectivity index (χ0) is 33.2. The molecule has 47 heavy (non-hydrogen) atoms. The highest BCUT2D eigenvalue weighted by molar-refractivity contribution is 9.10. The third kappa shape index (κ3) is 6.83. The van der Waals surface area contributed by atoms with Crippen molar-refractivity contribution in [3.63, 3.8) is 0 Å². The number of nitrogens with one attached hydrogen (secondary N) is 1. The number of methoxy groups -OCH3 is 1. The van der Waals surface area contributed by atoms with Crippen LogP contribution in [0.3, 0.4) is 0 Å². The molecule has 10 heteroatoms. The SMILES string of the molecule is COc1ccc([C@@H]2C(C(=O)Nc3ccc(C)cc3C)=C(C)N=c3s/c(=C/c4ccc(OCc5ccccc5Cl)c(Br)c4)c(=O)n32)cc1. The van der Waals surface area contributed by atoms with Crippen molar-refractivity contribution in [1.29, 1.82) is 0 Å². The Balaban J connectivity index is 1.37. The fraction of sp³-hybridized carbons (Fsp3) is 0.162. The third-order valence-corrected chi connectivity index (χ3v) is 9.89. The maximum atomic E-state index is 14.1. The van der Waals surface area contributed by atoms with E-state index in [1.165, 1.54) is 11.3 Å². The number of amides is 1. The molecule has 2 heterocycles. The Morgan fingerprint density at radius 2 is 1.81 bits per heavy atom. The molecule has 4 aromatic carbocycles. The number of benzene rings is 4. The molecular weight excluding hydrogens is 698 g/mol. The van der Waals surface area contributed by atoms with Gasteiger partial charge in [0.1, 0.15) is 18.1 Å². The molecule has 0 aliphatic carbocycles. The monoisotopic (exact) mass is 727 g/mol. The normalized spacial score (nSPS) is 14.4. The van der Waals surface area contributed by atoms with Gasteiger partial charge in [-0.25, -0.2) is 4.99 Å². The molecule has 0 spiro atoms. The first-order chi connectivity index (χ1) is 22.6. The second-order valence-corrected chi connectivity index (χ2v) is 13.5. The number of thiazole rings is 1. The molecule has 1 atom stereocenters. The Labute approximate surface area is 289 Å². The Kier molecular flexibility index (Phi) is 9.50. The van der Waals surface area contributed by atoms with E-state index in [0.717, 1.165) is 32.3 Å². The first-order valence-corrected chi connectivity index (χ1v) is 16.8. The van der Waals surface area contributed by atoms with Gasteiger partial charge in [0.2, 0.25) is 0 Å². The minimum Gasteiger partial charge on any atom is -0.497 e. The first kappa shape index (κ1) is 32.5. The lowest BCUT2D eigenvalue weighted by atomic mass is 9.95. The molecule has 1 aliphatic rings. The molecule has 1 aliphatic heterocycles. The summed E-state index contributed by atoms with van der Waals surface area (Å²) in [6.45, 7) is 6.09.